The van der Waals surface area contributed by atoms with Gasteiger partial charge in [0.15, 0.2) is 17.6 Å². The van der Waals surface area contributed by atoms with E-state index >= 15 is 0 Å². The van der Waals surface area contributed by atoms with E-state index in [9.17, 15) is 4.79 Å². The Balaban J connectivity index is 2.77. The molecule has 23 heavy (non-hydrogen) atoms. The quantitative estimate of drug-likeness (QED) is 0.281. The second-order valence-corrected chi connectivity index (χ2v) is 10.8. The molecule has 1 aliphatic rings. The predicted molar refractivity (Wildman–Crippen MR) is 82.4 cm³/mol. The van der Waals surface area contributed by atoms with E-state index in [1.807, 2.05) is 6.92 Å². The minimum Gasteiger partial charge on any atom is -0.456 e. The normalized spacial score (nSPS) is 22.7. The average molecular weight is 371 g/mol. The van der Waals surface area contributed by atoms with Crippen molar-refractivity contribution in [2.24, 2.45) is 0 Å². The summed E-state index contributed by atoms with van der Waals surface area (Å²) in [7, 11) is 2.61. The van der Waals surface area contributed by atoms with Crippen LogP contribution >= 0.6 is 0 Å². The summed E-state index contributed by atoms with van der Waals surface area (Å²) in [6, 6.07) is 0. The Morgan fingerprint density at radius 2 is 1.43 bits per heavy atom. The Morgan fingerprint density at radius 1 is 0.957 bits per heavy atom. The molecule has 0 spiro atoms. The van der Waals surface area contributed by atoms with Crippen molar-refractivity contribution < 1.29 is 40.8 Å². The van der Waals surface area contributed by atoms with Crippen molar-refractivity contribution in [3.63, 3.8) is 0 Å². The maximum atomic E-state index is 12.3. The van der Waals surface area contributed by atoms with Crippen LogP contribution in [0, 0.1) is 0 Å². The van der Waals surface area contributed by atoms with Gasteiger partial charge in [-0.2, -0.15) is 0 Å². The molecule has 136 valence electrons. The number of esters is 1. The third-order valence-electron chi connectivity index (χ3n) is 3.80. The lowest BCUT2D eigenvalue weighted by molar-refractivity contribution is -0.150. The highest BCUT2D eigenvalue weighted by Crippen LogP contribution is 2.34. The van der Waals surface area contributed by atoms with Crippen molar-refractivity contribution in [2.45, 2.75) is 30.9 Å². The molecule has 11 heteroatoms. The largest absolute Gasteiger partial charge is 0.543 e. The van der Waals surface area contributed by atoms with Gasteiger partial charge in [0.25, 0.3) is 0 Å². The standard InChI is InChI=1S/C12H26O9Si2/c1-8-9(22(14-2,15-3)16-4)20-11(13)10-12(21-10)23(17-5,18-6)19-7/h9-10,12H,8H2,1-7H3. The number of hydrogen-bond acceptors (Lipinski definition) is 9. The van der Waals surface area contributed by atoms with E-state index in [4.69, 9.17) is 36.0 Å². The fraction of sp³-hybridized carbons (Fsp3) is 0.917. The zero-order valence-corrected chi connectivity index (χ0v) is 16.6. The van der Waals surface area contributed by atoms with Crippen molar-refractivity contribution in [3.05, 3.63) is 0 Å². The molecular formula is C12H26O9Si2. The van der Waals surface area contributed by atoms with Gasteiger partial charge in [-0.1, -0.05) is 6.92 Å². The van der Waals surface area contributed by atoms with Gasteiger partial charge in [-0.15, -0.1) is 0 Å². The Morgan fingerprint density at radius 3 is 1.78 bits per heavy atom. The third-order valence-corrected chi connectivity index (χ3v) is 9.67. The van der Waals surface area contributed by atoms with E-state index < -0.39 is 41.1 Å². The number of carbonyl (C=O) groups excluding carboxylic acids is 1. The summed E-state index contributed by atoms with van der Waals surface area (Å²) in [6.07, 6.45) is -0.320. The van der Waals surface area contributed by atoms with Crippen LogP contribution in [0.5, 0.6) is 0 Å². The minimum atomic E-state index is -3.10. The fourth-order valence-corrected chi connectivity index (χ4v) is 6.48. The molecule has 0 aliphatic carbocycles. The highest BCUT2D eigenvalue weighted by atomic mass is 28.4. The number of epoxide rings is 1. The number of carbonyl (C=O) groups is 1. The van der Waals surface area contributed by atoms with Gasteiger partial charge in [-0.25, -0.2) is 4.79 Å². The van der Waals surface area contributed by atoms with Crippen LogP contribution in [0.2, 0.25) is 0 Å². The summed E-state index contributed by atoms with van der Waals surface area (Å²) in [5.41, 5.74) is -1.22. The first-order valence-corrected chi connectivity index (χ1v) is 10.7. The molecule has 0 saturated carbocycles. The number of hydrogen-bond donors (Lipinski definition) is 0. The lowest BCUT2D eigenvalue weighted by Gasteiger charge is -2.31. The summed E-state index contributed by atoms with van der Waals surface area (Å²) < 4.78 is 42.9. The molecular weight excluding hydrogens is 344 g/mol. The van der Waals surface area contributed by atoms with Crippen molar-refractivity contribution in [1.29, 1.82) is 0 Å². The molecule has 0 aromatic heterocycles. The molecule has 0 radical (unpaired) electrons. The van der Waals surface area contributed by atoms with Crippen LogP contribution < -0.4 is 0 Å². The molecule has 1 saturated heterocycles. The molecule has 9 nitrogen and oxygen atoms in total. The second kappa shape index (κ2) is 8.64. The highest BCUT2D eigenvalue weighted by Gasteiger charge is 2.66. The van der Waals surface area contributed by atoms with Gasteiger partial charge < -0.3 is 36.0 Å². The van der Waals surface area contributed by atoms with E-state index in [1.54, 1.807) is 0 Å². The number of rotatable bonds is 11. The van der Waals surface area contributed by atoms with E-state index in [1.165, 1.54) is 42.7 Å². The molecule has 3 unspecified atom stereocenters. The summed E-state index contributed by atoms with van der Waals surface area (Å²) in [6.45, 7) is 1.85. The SMILES string of the molecule is CCC(OC(=O)C1OC1[Si](OC)(OC)OC)[Si](OC)(OC)OC. The first kappa shape index (κ1) is 20.7. The van der Waals surface area contributed by atoms with Crippen LogP contribution in [0.4, 0.5) is 0 Å². The van der Waals surface area contributed by atoms with Crippen LogP contribution in [-0.2, 0) is 40.8 Å². The Labute approximate surface area is 138 Å². The summed E-state index contributed by atoms with van der Waals surface area (Å²) >= 11 is 0. The van der Waals surface area contributed by atoms with Crippen LogP contribution in [0.25, 0.3) is 0 Å². The van der Waals surface area contributed by atoms with Gasteiger partial charge in [0, 0.05) is 42.7 Å². The summed E-state index contributed by atoms with van der Waals surface area (Å²) in [5, 5.41) is 0. The fourth-order valence-electron chi connectivity index (χ4n) is 2.42. The lowest BCUT2D eigenvalue weighted by atomic mass is 10.5. The maximum absolute atomic E-state index is 12.3. The molecule has 0 N–H and O–H groups in total. The maximum Gasteiger partial charge on any atom is 0.543 e. The van der Waals surface area contributed by atoms with Crippen LogP contribution in [0.1, 0.15) is 13.3 Å². The first-order chi connectivity index (χ1) is 10.9. The smallest absolute Gasteiger partial charge is 0.456 e. The predicted octanol–water partition coefficient (Wildman–Crippen LogP) is -0.0898. The third kappa shape index (κ3) is 4.00. The number of ether oxygens (including phenoxy) is 2. The molecule has 0 amide bonds. The van der Waals surface area contributed by atoms with Gasteiger partial charge in [-0.05, 0) is 6.42 Å². The van der Waals surface area contributed by atoms with Crippen LogP contribution in [0.15, 0.2) is 0 Å². The molecule has 0 aromatic carbocycles. The Hall–Kier alpha value is -0.376. The zero-order chi connectivity index (χ0) is 17.7. The minimum absolute atomic E-state index is 0.478. The van der Waals surface area contributed by atoms with E-state index in [0.717, 1.165) is 0 Å². The molecule has 1 rings (SSSR count). The van der Waals surface area contributed by atoms with Gasteiger partial charge in [0.1, 0.15) is 0 Å². The first-order valence-electron chi connectivity index (χ1n) is 7.10. The molecule has 1 heterocycles. The molecule has 3 atom stereocenters. The van der Waals surface area contributed by atoms with Crippen LogP contribution in [0.3, 0.4) is 0 Å². The molecule has 0 bridgehead atoms. The lowest BCUT2D eigenvalue weighted by Crippen LogP contribution is -2.56. The van der Waals surface area contributed by atoms with E-state index in [2.05, 4.69) is 0 Å². The van der Waals surface area contributed by atoms with Crippen LogP contribution in [-0.4, -0.2) is 83.8 Å². The monoisotopic (exact) mass is 370 g/mol. The second-order valence-electron chi connectivity index (χ2n) is 4.74. The molecule has 1 fully saturated rings. The highest BCUT2D eigenvalue weighted by molar-refractivity contribution is 6.63. The van der Waals surface area contributed by atoms with E-state index in [-0.39, 0.29) is 0 Å². The Bertz CT molecular complexity index is 370. The van der Waals surface area contributed by atoms with Crippen molar-refractivity contribution in [3.8, 4) is 0 Å². The summed E-state index contributed by atoms with van der Waals surface area (Å²) in [5.74, 6) is -0.548. The van der Waals surface area contributed by atoms with Crippen molar-refractivity contribution in [1.82, 2.24) is 0 Å². The van der Waals surface area contributed by atoms with E-state index in [0.29, 0.717) is 6.42 Å². The molecule has 0 aromatic rings. The van der Waals surface area contributed by atoms with Crippen molar-refractivity contribution in [2.75, 3.05) is 42.7 Å². The zero-order valence-electron chi connectivity index (χ0n) is 14.6. The van der Waals surface area contributed by atoms with Gasteiger partial charge in [0.05, 0.1) is 0 Å². The Kier molecular flexibility index (Phi) is 7.77. The average Bonchev–Trinajstić information content (AvgIpc) is 3.39. The van der Waals surface area contributed by atoms with Gasteiger partial charge in [-0.3, -0.25) is 0 Å². The van der Waals surface area contributed by atoms with Crippen molar-refractivity contribution >= 4 is 23.6 Å². The molecule has 1 aliphatic heterocycles. The van der Waals surface area contributed by atoms with Gasteiger partial charge >= 0.3 is 23.6 Å². The summed E-state index contributed by atoms with van der Waals surface area (Å²) in [4.78, 5) is 12.3. The topological polar surface area (TPSA) is 94.2 Å². The van der Waals surface area contributed by atoms with Gasteiger partial charge in [0.2, 0.25) is 0 Å².